The molecule has 0 atom stereocenters. The number of nitrogens with zero attached hydrogens (tertiary/aromatic N) is 1. The molecule has 114 valence electrons. The highest BCUT2D eigenvalue weighted by Crippen LogP contribution is 2.29. The number of carbonyl (C=O) groups is 1. The number of fused-ring (bicyclic) bond motifs is 3. The quantitative estimate of drug-likeness (QED) is 0.634. The summed E-state index contributed by atoms with van der Waals surface area (Å²) >= 11 is 0. The van der Waals surface area contributed by atoms with Gasteiger partial charge in [-0.3, -0.25) is 4.79 Å². The highest BCUT2D eigenvalue weighted by Gasteiger charge is 2.08. The van der Waals surface area contributed by atoms with Gasteiger partial charge in [0.1, 0.15) is 0 Å². The molecule has 0 spiro atoms. The molecule has 0 saturated heterocycles. The van der Waals surface area contributed by atoms with Gasteiger partial charge in [0.2, 0.25) is 0 Å². The molecule has 0 radical (unpaired) electrons. The van der Waals surface area contributed by atoms with Gasteiger partial charge in [0.25, 0.3) is 0 Å². The SMILES string of the molecule is O=C(O)CCCCCCn1c2ccccc2c2ccccc21. The topological polar surface area (TPSA) is 42.2 Å². The van der Waals surface area contributed by atoms with Crippen LogP contribution in [-0.4, -0.2) is 15.6 Å². The highest BCUT2D eigenvalue weighted by molar-refractivity contribution is 6.07. The molecule has 0 aliphatic rings. The third-order valence-electron chi connectivity index (χ3n) is 4.20. The lowest BCUT2D eigenvalue weighted by molar-refractivity contribution is -0.137. The Morgan fingerprint density at radius 1 is 0.818 bits per heavy atom. The average Bonchev–Trinajstić information content (AvgIpc) is 2.85. The van der Waals surface area contributed by atoms with E-state index in [0.717, 1.165) is 32.2 Å². The minimum atomic E-state index is -0.692. The van der Waals surface area contributed by atoms with E-state index >= 15 is 0 Å². The first kappa shape index (κ1) is 14.6. The summed E-state index contributed by atoms with van der Waals surface area (Å²) in [5.74, 6) is -0.692. The molecule has 0 bridgehead atoms. The summed E-state index contributed by atoms with van der Waals surface area (Å²) in [6, 6.07) is 17.1. The van der Waals surface area contributed by atoms with Crippen LogP contribution in [0.1, 0.15) is 32.1 Å². The molecule has 3 rings (SSSR count). The van der Waals surface area contributed by atoms with Gasteiger partial charge in [0.05, 0.1) is 0 Å². The van der Waals surface area contributed by atoms with Crippen molar-refractivity contribution in [2.45, 2.75) is 38.6 Å². The molecule has 3 nitrogen and oxygen atoms in total. The summed E-state index contributed by atoms with van der Waals surface area (Å²) in [6.45, 7) is 0.987. The van der Waals surface area contributed by atoms with E-state index in [1.807, 2.05) is 0 Å². The Bertz CT molecular complexity index is 735. The van der Waals surface area contributed by atoms with E-state index < -0.39 is 5.97 Å². The van der Waals surface area contributed by atoms with E-state index in [9.17, 15) is 4.79 Å². The first-order valence-electron chi connectivity index (χ1n) is 7.95. The van der Waals surface area contributed by atoms with Crippen LogP contribution < -0.4 is 0 Å². The smallest absolute Gasteiger partial charge is 0.303 e. The summed E-state index contributed by atoms with van der Waals surface area (Å²) in [4.78, 5) is 10.5. The molecule has 0 aliphatic heterocycles. The summed E-state index contributed by atoms with van der Waals surface area (Å²) in [5.41, 5.74) is 2.57. The fraction of sp³-hybridized carbons (Fsp3) is 0.316. The molecule has 1 N–H and O–H groups in total. The molecule has 0 fully saturated rings. The third kappa shape index (κ3) is 2.98. The van der Waals surface area contributed by atoms with Gasteiger partial charge in [-0.05, 0) is 25.0 Å². The number of hydrogen-bond donors (Lipinski definition) is 1. The fourth-order valence-corrected chi connectivity index (χ4v) is 3.14. The third-order valence-corrected chi connectivity index (χ3v) is 4.20. The number of benzene rings is 2. The average molecular weight is 295 g/mol. The molecule has 1 aromatic heterocycles. The summed E-state index contributed by atoms with van der Waals surface area (Å²) in [6.07, 6.45) is 4.22. The lowest BCUT2D eigenvalue weighted by Gasteiger charge is -2.07. The van der Waals surface area contributed by atoms with E-state index in [1.165, 1.54) is 21.8 Å². The van der Waals surface area contributed by atoms with Crippen LogP contribution in [0.5, 0.6) is 0 Å². The van der Waals surface area contributed by atoms with Crippen LogP contribution in [0.4, 0.5) is 0 Å². The van der Waals surface area contributed by atoms with Crippen LogP contribution in [-0.2, 0) is 11.3 Å². The fourth-order valence-electron chi connectivity index (χ4n) is 3.14. The van der Waals surface area contributed by atoms with Crippen molar-refractivity contribution >= 4 is 27.8 Å². The molecule has 0 saturated carbocycles. The highest BCUT2D eigenvalue weighted by atomic mass is 16.4. The standard InChI is InChI=1S/C19H21NO2/c21-19(22)13-3-1-2-8-14-20-17-11-6-4-9-15(17)16-10-5-7-12-18(16)20/h4-7,9-12H,1-3,8,13-14H2,(H,21,22). The van der Waals surface area contributed by atoms with Crippen molar-refractivity contribution in [3.05, 3.63) is 48.5 Å². The van der Waals surface area contributed by atoms with Crippen LogP contribution in [0.3, 0.4) is 0 Å². The predicted octanol–water partition coefficient (Wildman–Crippen LogP) is 4.83. The zero-order valence-electron chi connectivity index (χ0n) is 12.7. The van der Waals surface area contributed by atoms with Crippen molar-refractivity contribution < 1.29 is 9.90 Å². The lowest BCUT2D eigenvalue weighted by Crippen LogP contribution is -1.98. The Labute approximate surface area is 130 Å². The van der Waals surface area contributed by atoms with Gasteiger partial charge in [0.15, 0.2) is 0 Å². The first-order chi connectivity index (χ1) is 10.8. The number of hydrogen-bond acceptors (Lipinski definition) is 1. The van der Waals surface area contributed by atoms with Crippen LogP contribution in [0.2, 0.25) is 0 Å². The molecule has 0 unspecified atom stereocenters. The van der Waals surface area contributed by atoms with Gasteiger partial charge in [0, 0.05) is 34.8 Å². The van der Waals surface area contributed by atoms with Crippen LogP contribution in [0, 0.1) is 0 Å². The number of carboxylic acids is 1. The molecule has 3 aromatic rings. The summed E-state index contributed by atoms with van der Waals surface area (Å²) in [5, 5.41) is 11.3. The van der Waals surface area contributed by atoms with E-state index in [2.05, 4.69) is 53.1 Å². The number of rotatable bonds is 7. The minimum Gasteiger partial charge on any atom is -0.481 e. The van der Waals surface area contributed by atoms with E-state index in [0.29, 0.717) is 0 Å². The number of aromatic nitrogens is 1. The van der Waals surface area contributed by atoms with E-state index in [-0.39, 0.29) is 6.42 Å². The summed E-state index contributed by atoms with van der Waals surface area (Å²) < 4.78 is 2.39. The van der Waals surface area contributed by atoms with Crippen molar-refractivity contribution in [2.24, 2.45) is 0 Å². The number of para-hydroxylation sites is 2. The maximum atomic E-state index is 10.5. The number of aliphatic carboxylic acids is 1. The monoisotopic (exact) mass is 295 g/mol. The van der Waals surface area contributed by atoms with Gasteiger partial charge < -0.3 is 9.67 Å². The van der Waals surface area contributed by atoms with Crippen molar-refractivity contribution in [3.63, 3.8) is 0 Å². The summed E-state index contributed by atoms with van der Waals surface area (Å²) in [7, 11) is 0. The zero-order chi connectivity index (χ0) is 15.4. The molecule has 2 aromatic carbocycles. The second kappa shape index (κ2) is 6.65. The molecule has 22 heavy (non-hydrogen) atoms. The Kier molecular flexibility index (Phi) is 4.42. The predicted molar refractivity (Wildman–Crippen MR) is 90.2 cm³/mol. The number of carboxylic acid groups (broad SMARTS) is 1. The number of aryl methyl sites for hydroxylation is 1. The molecule has 1 heterocycles. The minimum absolute atomic E-state index is 0.287. The van der Waals surface area contributed by atoms with E-state index in [1.54, 1.807) is 0 Å². The van der Waals surface area contributed by atoms with Crippen LogP contribution in [0.25, 0.3) is 21.8 Å². The molecule has 0 aliphatic carbocycles. The first-order valence-corrected chi connectivity index (χ1v) is 7.95. The second-order valence-electron chi connectivity index (χ2n) is 5.74. The van der Waals surface area contributed by atoms with Gasteiger partial charge >= 0.3 is 5.97 Å². The van der Waals surface area contributed by atoms with Gasteiger partial charge in [-0.25, -0.2) is 0 Å². The Morgan fingerprint density at radius 3 is 1.95 bits per heavy atom. The van der Waals surface area contributed by atoms with Gasteiger partial charge in [-0.15, -0.1) is 0 Å². The zero-order valence-corrected chi connectivity index (χ0v) is 12.7. The molecule has 0 amide bonds. The molecule has 3 heteroatoms. The van der Waals surface area contributed by atoms with Crippen LogP contribution in [0.15, 0.2) is 48.5 Å². The van der Waals surface area contributed by atoms with Gasteiger partial charge in [-0.1, -0.05) is 49.2 Å². The van der Waals surface area contributed by atoms with Crippen molar-refractivity contribution in [1.29, 1.82) is 0 Å². The molecular formula is C19H21NO2. The van der Waals surface area contributed by atoms with E-state index in [4.69, 9.17) is 5.11 Å². The van der Waals surface area contributed by atoms with Crippen LogP contribution >= 0.6 is 0 Å². The van der Waals surface area contributed by atoms with Gasteiger partial charge in [-0.2, -0.15) is 0 Å². The maximum Gasteiger partial charge on any atom is 0.303 e. The molecular weight excluding hydrogens is 274 g/mol. The number of unbranched alkanes of at least 4 members (excludes halogenated alkanes) is 3. The largest absolute Gasteiger partial charge is 0.481 e. The second-order valence-corrected chi connectivity index (χ2v) is 5.74. The van der Waals surface area contributed by atoms with Crippen molar-refractivity contribution in [1.82, 2.24) is 4.57 Å². The normalized spacial score (nSPS) is 11.3. The van der Waals surface area contributed by atoms with Crippen molar-refractivity contribution in [2.75, 3.05) is 0 Å². The Balaban J connectivity index is 1.73. The Hall–Kier alpha value is -2.29. The Morgan fingerprint density at radius 2 is 1.36 bits per heavy atom. The lowest BCUT2D eigenvalue weighted by atomic mass is 10.1. The van der Waals surface area contributed by atoms with Crippen molar-refractivity contribution in [3.8, 4) is 0 Å². The maximum absolute atomic E-state index is 10.5.